The molecule has 0 bridgehead atoms. The van der Waals surface area contributed by atoms with Crippen LogP contribution in [0.1, 0.15) is 45.1 Å². The summed E-state index contributed by atoms with van der Waals surface area (Å²) in [4.78, 5) is 15.2. The lowest BCUT2D eigenvalue weighted by Gasteiger charge is -2.40. The van der Waals surface area contributed by atoms with Gasteiger partial charge in [0.2, 0.25) is 5.91 Å². The number of amides is 1. The summed E-state index contributed by atoms with van der Waals surface area (Å²) >= 11 is 0. The summed E-state index contributed by atoms with van der Waals surface area (Å²) < 4.78 is 0. The molecule has 2 rings (SSSR count). The van der Waals surface area contributed by atoms with E-state index in [0.717, 1.165) is 51.9 Å². The molecular weight excluding hydrogens is 260 g/mol. The van der Waals surface area contributed by atoms with Crippen LogP contribution in [0.5, 0.6) is 0 Å². The molecule has 1 unspecified atom stereocenters. The van der Waals surface area contributed by atoms with Crippen molar-refractivity contribution in [2.24, 2.45) is 5.41 Å². The van der Waals surface area contributed by atoms with Gasteiger partial charge < -0.3 is 10.2 Å². The minimum absolute atomic E-state index is 0.183. The van der Waals surface area contributed by atoms with Gasteiger partial charge in [0.05, 0.1) is 5.41 Å². The van der Waals surface area contributed by atoms with Crippen molar-refractivity contribution in [3.63, 3.8) is 0 Å². The van der Waals surface area contributed by atoms with E-state index in [0.29, 0.717) is 5.91 Å². The van der Waals surface area contributed by atoms with Crippen molar-refractivity contribution < 1.29 is 4.79 Å². The molecule has 1 N–H and O–H groups in total. The molecule has 1 fully saturated rings. The van der Waals surface area contributed by atoms with Gasteiger partial charge in [0.1, 0.15) is 0 Å². The fourth-order valence-electron chi connectivity index (χ4n) is 3.42. The second-order valence-electron chi connectivity index (χ2n) is 6.12. The number of carbonyl (C=O) groups is 1. The summed E-state index contributed by atoms with van der Waals surface area (Å²) in [6.45, 7) is 7.64. The quantitative estimate of drug-likeness (QED) is 0.872. The highest BCUT2D eigenvalue weighted by Gasteiger charge is 2.40. The van der Waals surface area contributed by atoms with Crippen molar-refractivity contribution >= 4 is 5.91 Å². The fraction of sp³-hybridized carbons (Fsp3) is 0.611. The summed E-state index contributed by atoms with van der Waals surface area (Å²) in [6, 6.07) is 10.3. The molecule has 116 valence electrons. The summed E-state index contributed by atoms with van der Waals surface area (Å²) in [6.07, 6.45) is 4.19. The Morgan fingerprint density at radius 2 is 2.05 bits per heavy atom. The molecular formula is C18H28N2O. The molecule has 3 nitrogen and oxygen atoms in total. The minimum Gasteiger partial charge on any atom is -0.338 e. The predicted molar refractivity (Wildman–Crippen MR) is 87.0 cm³/mol. The fourth-order valence-corrected chi connectivity index (χ4v) is 3.42. The third-order valence-electron chi connectivity index (χ3n) is 4.54. The molecule has 1 aliphatic rings. The minimum atomic E-state index is -0.183. The number of nitrogens with zero attached hydrogens (tertiary/aromatic N) is 1. The second kappa shape index (κ2) is 7.60. The Bertz CT molecular complexity index is 432. The van der Waals surface area contributed by atoms with Crippen LogP contribution in [0.3, 0.4) is 0 Å². The van der Waals surface area contributed by atoms with Gasteiger partial charge in [-0.3, -0.25) is 4.79 Å². The lowest BCUT2D eigenvalue weighted by atomic mass is 9.75. The molecule has 1 aliphatic heterocycles. The molecule has 1 heterocycles. The maximum absolute atomic E-state index is 13.1. The van der Waals surface area contributed by atoms with Gasteiger partial charge in [-0.05, 0) is 38.3 Å². The molecule has 1 atom stereocenters. The van der Waals surface area contributed by atoms with Crippen molar-refractivity contribution in [1.82, 2.24) is 10.2 Å². The zero-order valence-electron chi connectivity index (χ0n) is 13.4. The first kappa shape index (κ1) is 16.0. The maximum Gasteiger partial charge on any atom is 0.230 e. The molecule has 0 aliphatic carbocycles. The zero-order chi connectivity index (χ0) is 15.1. The summed E-state index contributed by atoms with van der Waals surface area (Å²) in [5.41, 5.74) is 1.03. The molecule has 0 aromatic heterocycles. The highest BCUT2D eigenvalue weighted by molar-refractivity contribution is 5.83. The third kappa shape index (κ3) is 3.85. The normalized spacial score (nSPS) is 22.0. The van der Waals surface area contributed by atoms with E-state index in [4.69, 9.17) is 0 Å². The molecule has 1 aromatic rings. The smallest absolute Gasteiger partial charge is 0.230 e. The van der Waals surface area contributed by atoms with Gasteiger partial charge in [-0.1, -0.05) is 43.7 Å². The van der Waals surface area contributed by atoms with Gasteiger partial charge in [-0.2, -0.15) is 0 Å². The molecule has 0 saturated carbocycles. The topological polar surface area (TPSA) is 32.3 Å². The number of hydrogen-bond acceptors (Lipinski definition) is 2. The van der Waals surface area contributed by atoms with Crippen LogP contribution in [0.4, 0.5) is 0 Å². The van der Waals surface area contributed by atoms with Crippen LogP contribution >= 0.6 is 0 Å². The van der Waals surface area contributed by atoms with E-state index in [2.05, 4.69) is 31.3 Å². The van der Waals surface area contributed by atoms with E-state index in [9.17, 15) is 4.79 Å². The molecule has 3 heteroatoms. The van der Waals surface area contributed by atoms with Gasteiger partial charge in [0.25, 0.3) is 0 Å². The average Bonchev–Trinajstić information content (AvgIpc) is 2.54. The first-order valence-corrected chi connectivity index (χ1v) is 8.26. The van der Waals surface area contributed by atoms with Gasteiger partial charge in [-0.25, -0.2) is 0 Å². The van der Waals surface area contributed by atoms with Crippen LogP contribution in [0, 0.1) is 5.41 Å². The number of carbonyl (C=O) groups excluding carboxylic acids is 1. The Morgan fingerprint density at radius 3 is 2.62 bits per heavy atom. The molecule has 1 amide bonds. The van der Waals surface area contributed by atoms with Gasteiger partial charge in [-0.15, -0.1) is 0 Å². The van der Waals surface area contributed by atoms with Crippen molar-refractivity contribution in [2.75, 3.05) is 19.6 Å². The van der Waals surface area contributed by atoms with E-state index in [1.165, 1.54) is 5.56 Å². The number of piperidine rings is 1. The Kier molecular flexibility index (Phi) is 5.80. The standard InChI is InChI=1S/C18H28N2O/c1-3-11-18(12-8-13-19-15-18)17(21)20(4-2)14-16-9-6-5-7-10-16/h5-7,9-10,19H,3-4,8,11-15H2,1-2H3. The van der Waals surface area contributed by atoms with Gasteiger partial charge in [0.15, 0.2) is 0 Å². The van der Waals surface area contributed by atoms with Crippen molar-refractivity contribution in [3.05, 3.63) is 35.9 Å². The van der Waals surface area contributed by atoms with Crippen LogP contribution < -0.4 is 5.32 Å². The SMILES string of the molecule is CCCC1(C(=O)N(CC)Cc2ccccc2)CCCNC1. The highest BCUT2D eigenvalue weighted by Crippen LogP contribution is 2.34. The molecule has 1 saturated heterocycles. The monoisotopic (exact) mass is 288 g/mol. The Morgan fingerprint density at radius 1 is 1.29 bits per heavy atom. The summed E-state index contributed by atoms with van der Waals surface area (Å²) in [5.74, 6) is 0.336. The maximum atomic E-state index is 13.1. The van der Waals surface area contributed by atoms with Gasteiger partial charge >= 0.3 is 0 Å². The number of nitrogens with one attached hydrogen (secondary N) is 1. The Hall–Kier alpha value is -1.35. The van der Waals surface area contributed by atoms with Crippen LogP contribution in [-0.2, 0) is 11.3 Å². The van der Waals surface area contributed by atoms with Crippen LogP contribution in [0.2, 0.25) is 0 Å². The first-order chi connectivity index (χ1) is 10.2. The van der Waals surface area contributed by atoms with Crippen LogP contribution in [0.25, 0.3) is 0 Å². The number of rotatable bonds is 6. The second-order valence-corrected chi connectivity index (χ2v) is 6.12. The Labute approximate surface area is 128 Å². The molecule has 0 radical (unpaired) electrons. The lowest BCUT2D eigenvalue weighted by Crippen LogP contribution is -2.51. The number of benzene rings is 1. The van der Waals surface area contributed by atoms with E-state index < -0.39 is 0 Å². The largest absolute Gasteiger partial charge is 0.338 e. The molecule has 1 aromatic carbocycles. The van der Waals surface area contributed by atoms with Gasteiger partial charge in [0, 0.05) is 19.6 Å². The Balaban J connectivity index is 2.13. The van der Waals surface area contributed by atoms with Crippen LogP contribution in [0.15, 0.2) is 30.3 Å². The van der Waals surface area contributed by atoms with E-state index in [1.807, 2.05) is 23.1 Å². The molecule has 21 heavy (non-hydrogen) atoms. The average molecular weight is 288 g/mol. The first-order valence-electron chi connectivity index (χ1n) is 8.26. The molecule has 0 spiro atoms. The highest BCUT2D eigenvalue weighted by atomic mass is 16.2. The predicted octanol–water partition coefficient (Wildman–Crippen LogP) is 3.21. The zero-order valence-corrected chi connectivity index (χ0v) is 13.4. The van der Waals surface area contributed by atoms with E-state index in [-0.39, 0.29) is 5.41 Å². The van der Waals surface area contributed by atoms with E-state index >= 15 is 0 Å². The van der Waals surface area contributed by atoms with E-state index in [1.54, 1.807) is 0 Å². The third-order valence-corrected chi connectivity index (χ3v) is 4.54. The lowest BCUT2D eigenvalue weighted by molar-refractivity contribution is -0.144. The summed E-state index contributed by atoms with van der Waals surface area (Å²) in [7, 11) is 0. The van der Waals surface area contributed by atoms with Crippen molar-refractivity contribution in [2.45, 2.75) is 46.1 Å². The van der Waals surface area contributed by atoms with Crippen molar-refractivity contribution in [3.8, 4) is 0 Å². The van der Waals surface area contributed by atoms with Crippen LogP contribution in [-0.4, -0.2) is 30.4 Å². The van der Waals surface area contributed by atoms with Crippen molar-refractivity contribution in [1.29, 1.82) is 0 Å². The number of hydrogen-bond donors (Lipinski definition) is 1. The summed E-state index contributed by atoms with van der Waals surface area (Å²) in [5, 5.41) is 3.44.